The molecule has 130 valence electrons. The van der Waals surface area contributed by atoms with Gasteiger partial charge in [-0.2, -0.15) is 5.10 Å². The molecule has 2 aliphatic rings. The summed E-state index contributed by atoms with van der Waals surface area (Å²) in [6.07, 6.45) is 3.73. The Bertz CT molecular complexity index is 815. The number of fused-ring (bicyclic) bond motifs is 1. The lowest BCUT2D eigenvalue weighted by atomic mass is 9.81. The van der Waals surface area contributed by atoms with Gasteiger partial charge in [0.1, 0.15) is 0 Å². The van der Waals surface area contributed by atoms with E-state index in [1.807, 2.05) is 29.8 Å². The summed E-state index contributed by atoms with van der Waals surface area (Å²) in [5.74, 6) is 0.0899. The predicted molar refractivity (Wildman–Crippen MR) is 95.2 cm³/mol. The van der Waals surface area contributed by atoms with Gasteiger partial charge in [0, 0.05) is 11.8 Å². The van der Waals surface area contributed by atoms with Gasteiger partial charge in [-0.1, -0.05) is 37.1 Å². The highest BCUT2D eigenvalue weighted by atomic mass is 16.2. The third-order valence-corrected chi connectivity index (χ3v) is 5.62. The molecule has 1 aromatic carbocycles. The Labute approximate surface area is 147 Å². The monoisotopic (exact) mass is 337 g/mol. The number of benzene rings is 1. The van der Waals surface area contributed by atoms with Crippen LogP contribution in [0.5, 0.6) is 0 Å². The number of nitrogens with zero attached hydrogens (tertiary/aromatic N) is 3. The molecular formula is C20H23N3O2. The van der Waals surface area contributed by atoms with Gasteiger partial charge in [0.2, 0.25) is 11.8 Å². The Morgan fingerprint density at radius 3 is 2.32 bits per heavy atom. The first kappa shape index (κ1) is 16.1. The van der Waals surface area contributed by atoms with Crippen LogP contribution >= 0.6 is 0 Å². The Kier molecular flexibility index (Phi) is 3.94. The van der Waals surface area contributed by atoms with Crippen LogP contribution in [-0.4, -0.2) is 21.6 Å². The van der Waals surface area contributed by atoms with Gasteiger partial charge < -0.3 is 0 Å². The van der Waals surface area contributed by atoms with Crippen molar-refractivity contribution in [1.82, 2.24) is 9.78 Å². The van der Waals surface area contributed by atoms with Crippen molar-refractivity contribution < 1.29 is 9.59 Å². The summed E-state index contributed by atoms with van der Waals surface area (Å²) >= 11 is 0. The fraction of sp³-hybridized carbons (Fsp3) is 0.450. The fourth-order valence-electron chi connectivity index (χ4n) is 4.10. The molecule has 25 heavy (non-hydrogen) atoms. The normalized spacial score (nSPS) is 23.2. The molecule has 2 amide bonds. The van der Waals surface area contributed by atoms with Crippen LogP contribution in [0.25, 0.3) is 0 Å². The number of aryl methyl sites for hydroxylation is 2. The minimum Gasteiger partial charge on any atom is -0.274 e. The van der Waals surface area contributed by atoms with Crippen LogP contribution in [0.15, 0.2) is 30.3 Å². The van der Waals surface area contributed by atoms with Crippen LogP contribution < -0.4 is 4.90 Å². The summed E-state index contributed by atoms with van der Waals surface area (Å²) in [5.41, 5.74) is 3.35. The number of amides is 2. The number of hydrogen-bond donors (Lipinski definition) is 0. The van der Waals surface area contributed by atoms with Crippen molar-refractivity contribution >= 4 is 17.6 Å². The molecule has 2 aromatic rings. The van der Waals surface area contributed by atoms with Crippen molar-refractivity contribution in [1.29, 1.82) is 0 Å². The van der Waals surface area contributed by atoms with Crippen LogP contribution in [0.1, 0.15) is 42.5 Å². The van der Waals surface area contributed by atoms with E-state index in [1.165, 1.54) is 16.0 Å². The van der Waals surface area contributed by atoms with E-state index in [9.17, 15) is 9.59 Å². The summed E-state index contributed by atoms with van der Waals surface area (Å²) in [4.78, 5) is 26.8. The topological polar surface area (TPSA) is 55.2 Å². The maximum atomic E-state index is 12.7. The number of rotatable bonds is 3. The second-order valence-electron chi connectivity index (χ2n) is 7.24. The van der Waals surface area contributed by atoms with Crippen LogP contribution in [-0.2, 0) is 16.1 Å². The van der Waals surface area contributed by atoms with E-state index in [0.29, 0.717) is 12.4 Å². The van der Waals surface area contributed by atoms with Crippen molar-refractivity contribution in [3.05, 3.63) is 47.2 Å². The zero-order valence-corrected chi connectivity index (χ0v) is 14.7. The van der Waals surface area contributed by atoms with Gasteiger partial charge >= 0.3 is 0 Å². The molecule has 2 heterocycles. The maximum absolute atomic E-state index is 12.7. The molecule has 0 spiro atoms. The standard InChI is InChI=1S/C20H23N3O2/c1-13-7-3-4-8-15(13)12-22-14(2)11-18(21-22)23-19(24)16-9-5-6-10-17(16)20(23)25/h3-4,7-8,11,16-17H,5-6,9-10,12H2,1-2H3. The number of aromatic nitrogens is 2. The molecular weight excluding hydrogens is 314 g/mol. The first-order valence-electron chi connectivity index (χ1n) is 9.03. The van der Waals surface area contributed by atoms with E-state index < -0.39 is 0 Å². The molecule has 2 unspecified atom stereocenters. The predicted octanol–water partition coefficient (Wildman–Crippen LogP) is 3.23. The molecule has 1 aliphatic carbocycles. The lowest BCUT2D eigenvalue weighted by Crippen LogP contribution is -2.31. The number of carbonyl (C=O) groups excluding carboxylic acids is 2. The lowest BCUT2D eigenvalue weighted by Gasteiger charge is -2.19. The second-order valence-corrected chi connectivity index (χ2v) is 7.24. The van der Waals surface area contributed by atoms with E-state index in [2.05, 4.69) is 24.2 Å². The zero-order chi connectivity index (χ0) is 17.6. The van der Waals surface area contributed by atoms with Gasteiger partial charge in [0.05, 0.1) is 18.4 Å². The van der Waals surface area contributed by atoms with Gasteiger partial charge in [0.25, 0.3) is 0 Å². The Balaban J connectivity index is 1.63. The van der Waals surface area contributed by atoms with Crippen LogP contribution in [0, 0.1) is 25.7 Å². The van der Waals surface area contributed by atoms with Crippen molar-refractivity contribution in [3.63, 3.8) is 0 Å². The highest BCUT2D eigenvalue weighted by Gasteiger charge is 2.49. The summed E-state index contributed by atoms with van der Waals surface area (Å²) < 4.78 is 1.88. The van der Waals surface area contributed by atoms with E-state index in [-0.39, 0.29) is 23.7 Å². The van der Waals surface area contributed by atoms with Gasteiger partial charge in [-0.25, -0.2) is 4.90 Å². The van der Waals surface area contributed by atoms with E-state index in [1.54, 1.807) is 0 Å². The van der Waals surface area contributed by atoms with E-state index >= 15 is 0 Å². The Hall–Kier alpha value is -2.43. The van der Waals surface area contributed by atoms with Crippen molar-refractivity contribution in [2.24, 2.45) is 11.8 Å². The molecule has 2 fully saturated rings. The fourth-order valence-corrected chi connectivity index (χ4v) is 4.10. The molecule has 2 atom stereocenters. The van der Waals surface area contributed by atoms with Crippen LogP contribution in [0.3, 0.4) is 0 Å². The average Bonchev–Trinajstić information content (AvgIpc) is 3.08. The third kappa shape index (κ3) is 2.68. The third-order valence-electron chi connectivity index (χ3n) is 5.62. The van der Waals surface area contributed by atoms with Crippen molar-refractivity contribution in [2.45, 2.75) is 46.1 Å². The molecule has 1 aliphatic heterocycles. The molecule has 1 saturated heterocycles. The van der Waals surface area contributed by atoms with Crippen molar-refractivity contribution in [3.8, 4) is 0 Å². The Morgan fingerprint density at radius 1 is 1.04 bits per heavy atom. The summed E-state index contributed by atoms with van der Waals surface area (Å²) in [6.45, 7) is 4.68. The number of anilines is 1. The van der Waals surface area contributed by atoms with Crippen molar-refractivity contribution in [2.75, 3.05) is 4.90 Å². The van der Waals surface area contributed by atoms with E-state index in [4.69, 9.17) is 0 Å². The molecule has 5 nitrogen and oxygen atoms in total. The van der Waals surface area contributed by atoms with E-state index in [0.717, 1.165) is 31.4 Å². The minimum absolute atomic E-state index is 0.0600. The van der Waals surface area contributed by atoms with Gasteiger partial charge in [-0.05, 0) is 37.8 Å². The van der Waals surface area contributed by atoms with Gasteiger partial charge in [0.15, 0.2) is 5.82 Å². The summed E-state index contributed by atoms with van der Waals surface area (Å²) in [7, 11) is 0. The smallest absolute Gasteiger partial charge is 0.238 e. The zero-order valence-electron chi connectivity index (χ0n) is 14.7. The molecule has 1 saturated carbocycles. The quantitative estimate of drug-likeness (QED) is 0.808. The average molecular weight is 337 g/mol. The summed E-state index contributed by atoms with van der Waals surface area (Å²) in [6, 6.07) is 10.0. The molecule has 4 rings (SSSR count). The molecule has 0 radical (unpaired) electrons. The van der Waals surface area contributed by atoms with Crippen LogP contribution in [0.4, 0.5) is 5.82 Å². The Morgan fingerprint density at radius 2 is 1.68 bits per heavy atom. The largest absolute Gasteiger partial charge is 0.274 e. The molecule has 5 heteroatoms. The number of hydrogen-bond acceptors (Lipinski definition) is 3. The first-order chi connectivity index (χ1) is 12.1. The molecule has 0 bridgehead atoms. The second kappa shape index (κ2) is 6.14. The SMILES string of the molecule is Cc1ccccc1Cn1nc(N2C(=O)C3CCCCC3C2=O)cc1C. The molecule has 1 aromatic heterocycles. The number of imide groups is 1. The minimum atomic E-state index is -0.136. The highest BCUT2D eigenvalue weighted by molar-refractivity contribution is 6.21. The number of carbonyl (C=O) groups is 2. The van der Waals surface area contributed by atoms with Gasteiger partial charge in [-0.15, -0.1) is 0 Å². The lowest BCUT2D eigenvalue weighted by molar-refractivity contribution is -0.122. The highest BCUT2D eigenvalue weighted by Crippen LogP contribution is 2.39. The first-order valence-corrected chi connectivity index (χ1v) is 9.03. The maximum Gasteiger partial charge on any atom is 0.238 e. The summed E-state index contributed by atoms with van der Waals surface area (Å²) in [5, 5.41) is 4.59. The van der Waals surface area contributed by atoms with Gasteiger partial charge in [-0.3, -0.25) is 14.3 Å². The molecule has 0 N–H and O–H groups in total. The van der Waals surface area contributed by atoms with Crippen LogP contribution in [0.2, 0.25) is 0 Å².